The van der Waals surface area contributed by atoms with Gasteiger partial charge in [0, 0.05) is 25.6 Å². The summed E-state index contributed by atoms with van der Waals surface area (Å²) >= 11 is 0. The maximum Gasteiger partial charge on any atom is 0.321 e. The Kier molecular flexibility index (Phi) is 5.82. The molecule has 0 saturated carbocycles. The number of halogens is 1. The smallest absolute Gasteiger partial charge is 0.321 e. The van der Waals surface area contributed by atoms with Gasteiger partial charge in [0.05, 0.1) is 11.6 Å². The van der Waals surface area contributed by atoms with E-state index in [1.165, 1.54) is 6.07 Å². The Morgan fingerprint density at radius 2 is 2.27 bits per heavy atom. The second-order valence-corrected chi connectivity index (χ2v) is 6.64. The molecular formula is C18H24FN5O2. The van der Waals surface area contributed by atoms with Crippen molar-refractivity contribution in [1.29, 1.82) is 0 Å². The third kappa shape index (κ3) is 4.37. The molecule has 1 aromatic heterocycles. The average molecular weight is 361 g/mol. The van der Waals surface area contributed by atoms with Gasteiger partial charge >= 0.3 is 6.03 Å². The van der Waals surface area contributed by atoms with Crippen LogP contribution in [0.15, 0.2) is 28.8 Å². The number of carbonyl (C=O) groups is 1. The fourth-order valence-corrected chi connectivity index (χ4v) is 3.01. The molecule has 2 heterocycles. The van der Waals surface area contributed by atoms with Crippen LogP contribution >= 0.6 is 0 Å². The number of benzene rings is 1. The molecule has 2 aromatic rings. The number of piperidine rings is 1. The van der Waals surface area contributed by atoms with Gasteiger partial charge in [0.25, 0.3) is 0 Å². The molecule has 1 saturated heterocycles. The van der Waals surface area contributed by atoms with Crippen LogP contribution in [0.2, 0.25) is 0 Å². The summed E-state index contributed by atoms with van der Waals surface area (Å²) in [6, 6.07) is 6.08. The van der Waals surface area contributed by atoms with Gasteiger partial charge in [-0.25, -0.2) is 9.18 Å². The molecule has 0 bridgehead atoms. The number of aromatic nitrogens is 2. The van der Waals surface area contributed by atoms with E-state index in [9.17, 15) is 9.18 Å². The van der Waals surface area contributed by atoms with Crippen LogP contribution in [0.25, 0.3) is 0 Å². The van der Waals surface area contributed by atoms with Crippen LogP contribution in [-0.2, 0) is 6.42 Å². The van der Waals surface area contributed by atoms with Gasteiger partial charge in [0.1, 0.15) is 5.82 Å². The highest BCUT2D eigenvalue weighted by atomic mass is 19.1. The Labute approximate surface area is 152 Å². The highest BCUT2D eigenvalue weighted by molar-refractivity contribution is 5.89. The van der Waals surface area contributed by atoms with E-state index in [1.807, 2.05) is 14.0 Å². The number of amides is 2. The Morgan fingerprint density at radius 1 is 1.46 bits per heavy atom. The fraction of sp³-hybridized carbons (Fsp3) is 0.500. The Morgan fingerprint density at radius 3 is 3.04 bits per heavy atom. The van der Waals surface area contributed by atoms with Crippen LogP contribution in [0.1, 0.15) is 37.4 Å². The number of nitrogens with zero attached hydrogens (tertiary/aromatic N) is 3. The number of nitrogens with one attached hydrogen (secondary N) is 2. The first kappa shape index (κ1) is 18.3. The van der Waals surface area contributed by atoms with E-state index in [0.29, 0.717) is 31.2 Å². The van der Waals surface area contributed by atoms with Crippen molar-refractivity contribution < 1.29 is 13.7 Å². The van der Waals surface area contributed by atoms with Crippen molar-refractivity contribution in [3.8, 4) is 0 Å². The van der Waals surface area contributed by atoms with Gasteiger partial charge in [0.15, 0.2) is 5.82 Å². The first-order chi connectivity index (χ1) is 12.6. The summed E-state index contributed by atoms with van der Waals surface area (Å²) in [5, 5.41) is 9.80. The molecule has 8 heteroatoms. The van der Waals surface area contributed by atoms with Gasteiger partial charge in [-0.2, -0.15) is 4.98 Å². The van der Waals surface area contributed by atoms with E-state index in [4.69, 9.17) is 4.52 Å². The largest absolute Gasteiger partial charge is 0.339 e. The fourth-order valence-electron chi connectivity index (χ4n) is 3.01. The number of para-hydroxylation sites is 1. The van der Waals surface area contributed by atoms with Gasteiger partial charge in [-0.1, -0.05) is 17.3 Å². The molecule has 140 valence electrons. The van der Waals surface area contributed by atoms with E-state index in [-0.39, 0.29) is 23.7 Å². The highest BCUT2D eigenvalue weighted by Gasteiger charge is 2.29. The van der Waals surface area contributed by atoms with E-state index in [1.54, 1.807) is 23.1 Å². The monoisotopic (exact) mass is 361 g/mol. The quantitative estimate of drug-likeness (QED) is 0.856. The third-order valence-corrected chi connectivity index (χ3v) is 4.64. The summed E-state index contributed by atoms with van der Waals surface area (Å²) in [7, 11) is 1.89. The highest BCUT2D eigenvalue weighted by Crippen LogP contribution is 2.26. The number of urea groups is 1. The molecule has 1 aliphatic heterocycles. The first-order valence-electron chi connectivity index (χ1n) is 8.87. The molecule has 3 rings (SSSR count). The van der Waals surface area contributed by atoms with E-state index in [2.05, 4.69) is 20.8 Å². The van der Waals surface area contributed by atoms with Crippen molar-refractivity contribution in [3.63, 3.8) is 0 Å². The van der Waals surface area contributed by atoms with E-state index < -0.39 is 5.82 Å². The lowest BCUT2D eigenvalue weighted by Gasteiger charge is -2.31. The lowest BCUT2D eigenvalue weighted by molar-refractivity contribution is 0.184. The predicted molar refractivity (Wildman–Crippen MR) is 95.5 cm³/mol. The van der Waals surface area contributed by atoms with Gasteiger partial charge in [0.2, 0.25) is 5.89 Å². The van der Waals surface area contributed by atoms with Crippen LogP contribution in [0.3, 0.4) is 0 Å². The number of likely N-dealkylation sites (tertiary alicyclic amines) is 1. The Hall–Kier alpha value is -2.48. The van der Waals surface area contributed by atoms with E-state index >= 15 is 0 Å². The third-order valence-electron chi connectivity index (χ3n) is 4.64. The van der Waals surface area contributed by atoms with Crippen molar-refractivity contribution >= 4 is 11.7 Å². The molecule has 26 heavy (non-hydrogen) atoms. The second-order valence-electron chi connectivity index (χ2n) is 6.64. The molecule has 0 aliphatic carbocycles. The number of carbonyl (C=O) groups excluding carboxylic acids is 1. The summed E-state index contributed by atoms with van der Waals surface area (Å²) in [6.07, 6.45) is 2.40. The van der Waals surface area contributed by atoms with Crippen molar-refractivity contribution in [3.05, 3.63) is 41.8 Å². The SMILES string of the molecule is CNC(C)Cc1noc(C2CCCN(C(=O)Nc3ccccc3F)C2)n1. The summed E-state index contributed by atoms with van der Waals surface area (Å²) in [5.41, 5.74) is 0.181. The maximum atomic E-state index is 13.7. The molecule has 2 N–H and O–H groups in total. The number of hydrogen-bond donors (Lipinski definition) is 2. The van der Waals surface area contributed by atoms with Crippen molar-refractivity contribution in [2.45, 2.75) is 38.1 Å². The molecule has 2 amide bonds. The normalized spacial score (nSPS) is 18.6. The number of hydrogen-bond acceptors (Lipinski definition) is 5. The summed E-state index contributed by atoms with van der Waals surface area (Å²) in [6.45, 7) is 3.14. The van der Waals surface area contributed by atoms with Crippen LogP contribution in [0, 0.1) is 5.82 Å². The summed E-state index contributed by atoms with van der Waals surface area (Å²) in [5.74, 6) is 0.775. The number of anilines is 1. The molecule has 1 aliphatic rings. The first-order valence-corrected chi connectivity index (χ1v) is 8.87. The van der Waals surface area contributed by atoms with E-state index in [0.717, 1.165) is 12.8 Å². The zero-order valence-corrected chi connectivity index (χ0v) is 15.0. The predicted octanol–water partition coefficient (Wildman–Crippen LogP) is 2.77. The Balaban J connectivity index is 1.62. The number of rotatable bonds is 5. The van der Waals surface area contributed by atoms with Gasteiger partial charge in [-0.15, -0.1) is 0 Å². The minimum Gasteiger partial charge on any atom is -0.339 e. The standard InChI is InChI=1S/C18H24FN5O2/c1-12(20-2)10-16-22-17(26-23-16)13-6-5-9-24(11-13)18(25)21-15-8-4-3-7-14(15)19/h3-4,7-8,12-13,20H,5-6,9-11H2,1-2H3,(H,21,25). The summed E-state index contributed by atoms with van der Waals surface area (Å²) < 4.78 is 19.1. The molecule has 7 nitrogen and oxygen atoms in total. The van der Waals surface area contributed by atoms with Crippen molar-refractivity contribution in [2.75, 3.05) is 25.5 Å². The zero-order chi connectivity index (χ0) is 18.5. The molecule has 0 spiro atoms. The lowest BCUT2D eigenvalue weighted by Crippen LogP contribution is -2.41. The minimum atomic E-state index is -0.449. The van der Waals surface area contributed by atoms with Crippen molar-refractivity contribution in [2.24, 2.45) is 0 Å². The molecule has 2 atom stereocenters. The molecule has 1 fully saturated rings. The molecular weight excluding hydrogens is 337 g/mol. The zero-order valence-electron chi connectivity index (χ0n) is 15.0. The average Bonchev–Trinajstić information content (AvgIpc) is 3.12. The van der Waals surface area contributed by atoms with Crippen LogP contribution in [0.5, 0.6) is 0 Å². The molecule has 2 unspecified atom stereocenters. The lowest BCUT2D eigenvalue weighted by atomic mass is 9.98. The number of likely N-dealkylation sites (N-methyl/N-ethyl adjacent to an activating group) is 1. The Bertz CT molecular complexity index is 751. The van der Waals surface area contributed by atoms with Crippen LogP contribution in [0.4, 0.5) is 14.9 Å². The van der Waals surface area contributed by atoms with Gasteiger partial charge in [-0.05, 0) is 38.9 Å². The molecule has 0 radical (unpaired) electrons. The van der Waals surface area contributed by atoms with Gasteiger partial charge < -0.3 is 20.1 Å². The second kappa shape index (κ2) is 8.27. The minimum absolute atomic E-state index is 0.00117. The van der Waals surface area contributed by atoms with Gasteiger partial charge in [-0.3, -0.25) is 0 Å². The van der Waals surface area contributed by atoms with Crippen LogP contribution in [-0.4, -0.2) is 47.3 Å². The van der Waals surface area contributed by atoms with Crippen molar-refractivity contribution in [1.82, 2.24) is 20.4 Å². The molecule has 1 aromatic carbocycles. The summed E-state index contributed by atoms with van der Waals surface area (Å²) in [4.78, 5) is 18.6. The maximum absolute atomic E-state index is 13.7. The topological polar surface area (TPSA) is 83.3 Å². The van der Waals surface area contributed by atoms with Crippen LogP contribution < -0.4 is 10.6 Å².